The zero-order valence-electron chi connectivity index (χ0n) is 8.74. The highest BCUT2D eigenvalue weighted by atomic mass is 32.2. The molecule has 0 bridgehead atoms. The number of rotatable bonds is 3. The van der Waals surface area contributed by atoms with Gasteiger partial charge in [0.05, 0.1) is 5.69 Å². The lowest BCUT2D eigenvalue weighted by molar-refractivity contribution is 0.748. The van der Waals surface area contributed by atoms with Crippen molar-refractivity contribution in [2.75, 3.05) is 18.2 Å². The normalized spacial score (nSPS) is 10.5. The molecule has 0 aliphatic rings. The van der Waals surface area contributed by atoms with E-state index in [1.54, 1.807) is 11.8 Å². The lowest BCUT2D eigenvalue weighted by Crippen LogP contribution is -2.25. The van der Waals surface area contributed by atoms with E-state index >= 15 is 0 Å². The fraction of sp³-hybridized carbons (Fsp3) is 0.455. The molecule has 0 amide bonds. The van der Waals surface area contributed by atoms with Crippen LogP contribution in [0.4, 0.5) is 5.69 Å². The third kappa shape index (κ3) is 2.41. The quantitative estimate of drug-likeness (QED) is 0.681. The van der Waals surface area contributed by atoms with Crippen LogP contribution in [0.2, 0.25) is 0 Å². The number of anilines is 1. The minimum Gasteiger partial charge on any atom is -0.371 e. The van der Waals surface area contributed by atoms with E-state index in [0.717, 1.165) is 0 Å². The molecule has 0 heterocycles. The van der Waals surface area contributed by atoms with Crippen LogP contribution in [0.25, 0.3) is 0 Å². The summed E-state index contributed by atoms with van der Waals surface area (Å²) < 4.78 is 0. The number of thioether (sulfide) groups is 1. The van der Waals surface area contributed by atoms with E-state index in [1.807, 2.05) is 0 Å². The minimum atomic E-state index is 0.549. The maximum atomic E-state index is 2.30. The van der Waals surface area contributed by atoms with E-state index in [-0.39, 0.29) is 0 Å². The van der Waals surface area contributed by atoms with Crippen molar-refractivity contribution in [3.05, 3.63) is 24.3 Å². The van der Waals surface area contributed by atoms with Crippen molar-refractivity contribution in [2.24, 2.45) is 0 Å². The molecule has 0 fully saturated rings. The van der Waals surface area contributed by atoms with E-state index in [9.17, 15) is 0 Å². The second-order valence-electron chi connectivity index (χ2n) is 3.38. The molecule has 0 unspecified atom stereocenters. The Morgan fingerprint density at radius 2 is 1.85 bits per heavy atom. The van der Waals surface area contributed by atoms with Gasteiger partial charge >= 0.3 is 0 Å². The molecule has 1 nitrogen and oxygen atoms in total. The summed E-state index contributed by atoms with van der Waals surface area (Å²) in [5, 5.41) is 0. The summed E-state index contributed by atoms with van der Waals surface area (Å²) >= 11 is 1.80. The van der Waals surface area contributed by atoms with Gasteiger partial charge in [-0.15, -0.1) is 11.8 Å². The number of nitrogens with zero attached hydrogens (tertiary/aromatic N) is 1. The van der Waals surface area contributed by atoms with Gasteiger partial charge in [-0.05, 0) is 32.2 Å². The summed E-state index contributed by atoms with van der Waals surface area (Å²) in [6, 6.07) is 9.07. The molecule has 13 heavy (non-hydrogen) atoms. The average Bonchev–Trinajstić information content (AvgIpc) is 2.16. The predicted molar refractivity (Wildman–Crippen MR) is 61.8 cm³/mol. The molecular formula is C11H17NS. The van der Waals surface area contributed by atoms with Crippen LogP contribution < -0.4 is 4.90 Å². The highest BCUT2D eigenvalue weighted by molar-refractivity contribution is 7.98. The fourth-order valence-corrected chi connectivity index (χ4v) is 1.84. The smallest absolute Gasteiger partial charge is 0.0503 e. The summed E-state index contributed by atoms with van der Waals surface area (Å²) in [7, 11) is 2.14. The molecule has 0 aliphatic carbocycles. The number of para-hydroxylation sites is 1. The molecular weight excluding hydrogens is 178 g/mol. The van der Waals surface area contributed by atoms with Crippen molar-refractivity contribution >= 4 is 17.4 Å². The number of benzene rings is 1. The monoisotopic (exact) mass is 195 g/mol. The standard InChI is InChI=1S/C11H17NS/c1-9(2)12(3)10-7-5-6-8-11(10)13-4/h5-9H,1-4H3. The molecule has 0 saturated heterocycles. The van der Waals surface area contributed by atoms with Gasteiger partial charge in [0, 0.05) is 18.0 Å². The van der Waals surface area contributed by atoms with E-state index in [1.165, 1.54) is 10.6 Å². The van der Waals surface area contributed by atoms with Gasteiger partial charge in [-0.3, -0.25) is 0 Å². The van der Waals surface area contributed by atoms with Crippen molar-refractivity contribution < 1.29 is 0 Å². The molecule has 0 atom stereocenters. The Bertz CT molecular complexity index is 271. The Kier molecular flexibility index (Phi) is 3.67. The summed E-state index contributed by atoms with van der Waals surface area (Å²) in [6.07, 6.45) is 2.12. The molecule has 0 radical (unpaired) electrons. The van der Waals surface area contributed by atoms with Gasteiger partial charge in [0.15, 0.2) is 0 Å². The van der Waals surface area contributed by atoms with E-state index in [4.69, 9.17) is 0 Å². The first kappa shape index (κ1) is 10.5. The van der Waals surface area contributed by atoms with Crippen molar-refractivity contribution in [3.8, 4) is 0 Å². The first-order valence-corrected chi connectivity index (χ1v) is 5.75. The second-order valence-corrected chi connectivity index (χ2v) is 4.22. The zero-order chi connectivity index (χ0) is 9.84. The molecule has 2 heteroatoms. The SMILES string of the molecule is CSc1ccccc1N(C)C(C)C. The maximum absolute atomic E-state index is 2.30. The predicted octanol–water partition coefficient (Wildman–Crippen LogP) is 3.25. The van der Waals surface area contributed by atoms with Crippen LogP contribution >= 0.6 is 11.8 Å². The molecule has 1 rings (SSSR count). The van der Waals surface area contributed by atoms with E-state index in [0.29, 0.717) is 6.04 Å². The van der Waals surface area contributed by atoms with Gasteiger partial charge < -0.3 is 4.90 Å². The highest BCUT2D eigenvalue weighted by Crippen LogP contribution is 2.28. The van der Waals surface area contributed by atoms with Gasteiger partial charge in [-0.1, -0.05) is 12.1 Å². The molecule has 0 aromatic heterocycles. The van der Waals surface area contributed by atoms with E-state index < -0.39 is 0 Å². The Morgan fingerprint density at radius 1 is 1.23 bits per heavy atom. The molecule has 1 aromatic rings. The third-order valence-corrected chi connectivity index (χ3v) is 3.02. The number of hydrogen-bond donors (Lipinski definition) is 0. The van der Waals surface area contributed by atoms with Crippen molar-refractivity contribution in [3.63, 3.8) is 0 Å². The Labute approximate surface area is 85.1 Å². The number of hydrogen-bond acceptors (Lipinski definition) is 2. The van der Waals surface area contributed by atoms with Crippen molar-refractivity contribution in [2.45, 2.75) is 24.8 Å². The van der Waals surface area contributed by atoms with Crippen LogP contribution in [0, 0.1) is 0 Å². The molecule has 72 valence electrons. The van der Waals surface area contributed by atoms with Gasteiger partial charge in [-0.2, -0.15) is 0 Å². The van der Waals surface area contributed by atoms with Crippen LogP contribution in [0.1, 0.15) is 13.8 Å². The molecule has 0 spiro atoms. The molecule has 1 aromatic carbocycles. The first-order valence-electron chi connectivity index (χ1n) is 4.52. The summed E-state index contributed by atoms with van der Waals surface area (Å²) in [5.74, 6) is 0. The average molecular weight is 195 g/mol. The second kappa shape index (κ2) is 4.56. The summed E-state index contributed by atoms with van der Waals surface area (Å²) in [6.45, 7) is 4.41. The van der Waals surface area contributed by atoms with Crippen LogP contribution in [-0.4, -0.2) is 19.3 Å². The largest absolute Gasteiger partial charge is 0.371 e. The minimum absolute atomic E-state index is 0.549. The van der Waals surface area contributed by atoms with Crippen molar-refractivity contribution in [1.29, 1.82) is 0 Å². The maximum Gasteiger partial charge on any atom is 0.0503 e. The lowest BCUT2D eigenvalue weighted by atomic mass is 10.2. The van der Waals surface area contributed by atoms with Crippen LogP contribution in [0.15, 0.2) is 29.2 Å². The lowest BCUT2D eigenvalue weighted by Gasteiger charge is -2.25. The van der Waals surface area contributed by atoms with Gasteiger partial charge in [-0.25, -0.2) is 0 Å². The Morgan fingerprint density at radius 3 is 2.38 bits per heavy atom. The third-order valence-electron chi connectivity index (χ3n) is 2.24. The van der Waals surface area contributed by atoms with Crippen molar-refractivity contribution in [1.82, 2.24) is 0 Å². The van der Waals surface area contributed by atoms with E-state index in [2.05, 4.69) is 56.3 Å². The van der Waals surface area contributed by atoms with Crippen LogP contribution in [0.5, 0.6) is 0 Å². The molecule has 0 saturated carbocycles. The molecule has 0 aliphatic heterocycles. The Balaban J connectivity index is 2.98. The first-order chi connectivity index (χ1) is 6.16. The van der Waals surface area contributed by atoms with Gasteiger partial charge in [0.2, 0.25) is 0 Å². The molecule has 0 N–H and O–H groups in total. The topological polar surface area (TPSA) is 3.24 Å². The Hall–Kier alpha value is -0.630. The van der Waals surface area contributed by atoms with Crippen LogP contribution in [0.3, 0.4) is 0 Å². The van der Waals surface area contributed by atoms with Gasteiger partial charge in [0.1, 0.15) is 0 Å². The summed E-state index contributed by atoms with van der Waals surface area (Å²) in [5.41, 5.74) is 1.32. The highest BCUT2D eigenvalue weighted by Gasteiger charge is 2.07. The zero-order valence-corrected chi connectivity index (χ0v) is 9.56. The van der Waals surface area contributed by atoms with Crippen LogP contribution in [-0.2, 0) is 0 Å². The van der Waals surface area contributed by atoms with Gasteiger partial charge in [0.25, 0.3) is 0 Å². The fourth-order valence-electron chi connectivity index (χ4n) is 1.20. The summed E-state index contributed by atoms with van der Waals surface area (Å²) in [4.78, 5) is 3.64.